The van der Waals surface area contributed by atoms with E-state index in [1.54, 1.807) is 28.4 Å². The Labute approximate surface area is 103 Å². The van der Waals surface area contributed by atoms with Crippen LogP contribution in [0.1, 0.15) is 26.2 Å². The zero-order valence-electron chi connectivity index (χ0n) is 11.2. The molecule has 0 aromatic heterocycles. The van der Waals surface area contributed by atoms with Gasteiger partial charge in [0.25, 0.3) is 0 Å². The zero-order valence-corrected chi connectivity index (χ0v) is 13.5. The van der Waals surface area contributed by atoms with Crippen LogP contribution < -0.4 is 0 Å². The lowest BCUT2D eigenvalue weighted by molar-refractivity contribution is 0.251. The summed E-state index contributed by atoms with van der Waals surface area (Å²) in [5.41, 5.74) is 0.506. The molecular weight excluding hydrogens is 240 g/mol. The summed E-state index contributed by atoms with van der Waals surface area (Å²) in [4.78, 5) is 0. The number of hydrogen-bond donors (Lipinski definition) is 0. The number of unbranched alkanes of at least 4 members (excludes halogenated alkanes) is 1. The summed E-state index contributed by atoms with van der Waals surface area (Å²) in [6, 6.07) is 0.992. The van der Waals surface area contributed by atoms with Crippen molar-refractivity contribution < 1.29 is 17.7 Å². The van der Waals surface area contributed by atoms with Crippen molar-refractivity contribution in [2.45, 2.75) is 37.8 Å². The quantitative estimate of drug-likeness (QED) is 0.563. The molecule has 0 aromatic rings. The van der Waals surface area contributed by atoms with Gasteiger partial charge in [-0.1, -0.05) is 19.8 Å². The minimum absolute atomic E-state index is 0.506. The number of hydrogen-bond acceptors (Lipinski definition) is 4. The van der Waals surface area contributed by atoms with Gasteiger partial charge in [-0.15, -0.1) is 0 Å². The Kier molecular flexibility index (Phi) is 10.6. The second-order valence-corrected chi connectivity index (χ2v) is 8.77. The minimum Gasteiger partial charge on any atom is -0.400 e. The molecular formula is C10H26O4Si2. The molecule has 0 aliphatic rings. The molecule has 1 atom stereocenters. The Morgan fingerprint density at radius 1 is 0.938 bits per heavy atom. The molecule has 0 aromatic carbocycles. The van der Waals surface area contributed by atoms with E-state index in [2.05, 4.69) is 6.92 Å². The predicted molar refractivity (Wildman–Crippen MR) is 70.4 cm³/mol. The van der Waals surface area contributed by atoms with Crippen LogP contribution in [-0.4, -0.2) is 47.0 Å². The fraction of sp³-hybridized carbons (Fsp3) is 1.00. The van der Waals surface area contributed by atoms with E-state index in [0.717, 1.165) is 12.5 Å². The van der Waals surface area contributed by atoms with Crippen LogP contribution >= 0.6 is 0 Å². The van der Waals surface area contributed by atoms with Gasteiger partial charge in [0.15, 0.2) is 0 Å². The first kappa shape index (κ1) is 16.3. The van der Waals surface area contributed by atoms with Crippen molar-refractivity contribution in [1.82, 2.24) is 0 Å². The van der Waals surface area contributed by atoms with E-state index >= 15 is 0 Å². The van der Waals surface area contributed by atoms with Gasteiger partial charge >= 0.3 is 18.6 Å². The SMILES string of the molecule is CCCCC(C[SiH](OC)OC)[SiH](OC)OC. The lowest BCUT2D eigenvalue weighted by atomic mass is 10.2. The van der Waals surface area contributed by atoms with Gasteiger partial charge in [-0.05, 0) is 12.5 Å². The van der Waals surface area contributed by atoms with Crippen LogP contribution in [0, 0.1) is 0 Å². The highest BCUT2D eigenvalue weighted by Gasteiger charge is 2.28. The molecule has 0 radical (unpaired) electrons. The van der Waals surface area contributed by atoms with E-state index in [1.165, 1.54) is 12.8 Å². The monoisotopic (exact) mass is 266 g/mol. The van der Waals surface area contributed by atoms with Crippen molar-refractivity contribution in [3.05, 3.63) is 0 Å². The smallest absolute Gasteiger partial charge is 0.323 e. The molecule has 0 spiro atoms. The van der Waals surface area contributed by atoms with Crippen molar-refractivity contribution in [3.8, 4) is 0 Å². The first-order valence-corrected chi connectivity index (χ1v) is 9.21. The maximum absolute atomic E-state index is 5.48. The Balaban J connectivity index is 4.27. The molecule has 0 bridgehead atoms. The molecule has 0 heterocycles. The predicted octanol–water partition coefficient (Wildman–Crippen LogP) is 1.57. The van der Waals surface area contributed by atoms with Gasteiger partial charge in [0.2, 0.25) is 0 Å². The average Bonchev–Trinajstić information content (AvgIpc) is 2.33. The van der Waals surface area contributed by atoms with Gasteiger partial charge < -0.3 is 17.7 Å². The molecule has 0 amide bonds. The van der Waals surface area contributed by atoms with Crippen LogP contribution in [-0.2, 0) is 17.7 Å². The molecule has 0 aliphatic carbocycles. The summed E-state index contributed by atoms with van der Waals surface area (Å²) in [5, 5.41) is 0. The zero-order chi connectivity index (χ0) is 12.4. The van der Waals surface area contributed by atoms with E-state index in [0.29, 0.717) is 5.54 Å². The number of rotatable bonds is 10. The molecule has 16 heavy (non-hydrogen) atoms. The van der Waals surface area contributed by atoms with E-state index in [4.69, 9.17) is 17.7 Å². The second-order valence-electron chi connectivity index (χ2n) is 3.88. The van der Waals surface area contributed by atoms with E-state index < -0.39 is 18.6 Å². The summed E-state index contributed by atoms with van der Waals surface area (Å²) in [6.07, 6.45) is 3.58. The Hall–Kier alpha value is 0.274. The third-order valence-electron chi connectivity index (χ3n) is 2.80. The fourth-order valence-electron chi connectivity index (χ4n) is 1.85. The first-order chi connectivity index (χ1) is 7.73. The molecule has 0 rings (SSSR count). The first-order valence-electron chi connectivity index (χ1n) is 5.84. The van der Waals surface area contributed by atoms with E-state index in [-0.39, 0.29) is 0 Å². The van der Waals surface area contributed by atoms with Crippen LogP contribution in [0.25, 0.3) is 0 Å². The fourth-order valence-corrected chi connectivity index (χ4v) is 6.18. The molecule has 0 saturated carbocycles. The average molecular weight is 266 g/mol. The highest BCUT2D eigenvalue weighted by atomic mass is 28.3. The third kappa shape index (κ3) is 6.12. The van der Waals surface area contributed by atoms with Crippen LogP contribution in [0.5, 0.6) is 0 Å². The highest BCUT2D eigenvalue weighted by molar-refractivity contribution is 6.52. The van der Waals surface area contributed by atoms with Crippen molar-refractivity contribution in [2.24, 2.45) is 0 Å². The summed E-state index contributed by atoms with van der Waals surface area (Å²) in [7, 11) is 3.90. The largest absolute Gasteiger partial charge is 0.400 e. The Bertz CT molecular complexity index is 152. The van der Waals surface area contributed by atoms with Crippen molar-refractivity contribution >= 4 is 18.6 Å². The molecule has 4 nitrogen and oxygen atoms in total. The van der Waals surface area contributed by atoms with Gasteiger partial charge in [-0.25, -0.2) is 0 Å². The maximum Gasteiger partial charge on any atom is 0.323 e. The van der Waals surface area contributed by atoms with Gasteiger partial charge in [0.05, 0.1) is 0 Å². The minimum atomic E-state index is -1.55. The van der Waals surface area contributed by atoms with Crippen molar-refractivity contribution in [1.29, 1.82) is 0 Å². The molecule has 6 heteroatoms. The Morgan fingerprint density at radius 3 is 1.88 bits per heavy atom. The summed E-state index contributed by atoms with van der Waals surface area (Å²) >= 11 is 0. The molecule has 0 aliphatic heterocycles. The van der Waals surface area contributed by atoms with E-state index in [9.17, 15) is 0 Å². The molecule has 0 fully saturated rings. The van der Waals surface area contributed by atoms with E-state index in [1.807, 2.05) is 0 Å². The maximum atomic E-state index is 5.48. The van der Waals surface area contributed by atoms with Gasteiger partial charge in [-0.2, -0.15) is 0 Å². The van der Waals surface area contributed by atoms with Crippen LogP contribution in [0.2, 0.25) is 11.6 Å². The van der Waals surface area contributed by atoms with Crippen molar-refractivity contribution in [2.75, 3.05) is 28.4 Å². The molecule has 98 valence electrons. The summed E-state index contributed by atoms with van der Waals surface area (Å²) in [6.45, 7) is 2.20. The lowest BCUT2D eigenvalue weighted by Crippen LogP contribution is -2.31. The highest BCUT2D eigenvalue weighted by Crippen LogP contribution is 2.26. The molecule has 0 N–H and O–H groups in total. The van der Waals surface area contributed by atoms with Crippen LogP contribution in [0.3, 0.4) is 0 Å². The summed E-state index contributed by atoms with van der Waals surface area (Å²) in [5.74, 6) is 0. The van der Waals surface area contributed by atoms with Crippen LogP contribution in [0.4, 0.5) is 0 Å². The van der Waals surface area contributed by atoms with Gasteiger partial charge in [0, 0.05) is 34.0 Å². The Morgan fingerprint density at radius 2 is 1.50 bits per heavy atom. The van der Waals surface area contributed by atoms with Gasteiger partial charge in [-0.3, -0.25) is 0 Å². The topological polar surface area (TPSA) is 36.9 Å². The molecule has 1 unspecified atom stereocenters. The lowest BCUT2D eigenvalue weighted by Gasteiger charge is -2.24. The van der Waals surface area contributed by atoms with Gasteiger partial charge in [0.1, 0.15) is 0 Å². The van der Waals surface area contributed by atoms with Crippen molar-refractivity contribution in [3.63, 3.8) is 0 Å². The molecule has 0 saturated heterocycles. The van der Waals surface area contributed by atoms with Crippen LogP contribution in [0.15, 0.2) is 0 Å². The third-order valence-corrected chi connectivity index (χ3v) is 7.69. The second kappa shape index (κ2) is 10.4. The normalized spacial score (nSPS) is 13.7. The standard InChI is InChI=1S/C10H26O4Si2/c1-6-7-8-10(16(13-4)14-5)9-15(11-2)12-3/h10,15-16H,6-9H2,1-5H3. The summed E-state index contributed by atoms with van der Waals surface area (Å²) < 4.78 is 21.7.